The van der Waals surface area contributed by atoms with Gasteiger partial charge in [-0.15, -0.1) is 6.58 Å². The van der Waals surface area contributed by atoms with Crippen LogP contribution >= 0.6 is 0 Å². The van der Waals surface area contributed by atoms with Gasteiger partial charge in [0.25, 0.3) is 0 Å². The van der Waals surface area contributed by atoms with Gasteiger partial charge >= 0.3 is 0 Å². The molecule has 1 aliphatic heterocycles. The zero-order valence-electron chi connectivity index (χ0n) is 13.0. The third kappa shape index (κ3) is 2.30. The quantitative estimate of drug-likeness (QED) is 0.647. The molecule has 0 spiro atoms. The molecule has 2 aromatic rings. The minimum atomic E-state index is -1.83. The minimum absolute atomic E-state index is 0.0706. The number of alkyl halides is 1. The Hall–Kier alpha value is -2.30. The van der Waals surface area contributed by atoms with E-state index in [4.69, 9.17) is 15.2 Å². The molecule has 0 aliphatic carbocycles. The third-order valence-electron chi connectivity index (χ3n) is 3.97. The first-order valence-corrected chi connectivity index (χ1v) is 7.34. The monoisotopic (exact) mass is 339 g/mol. The van der Waals surface area contributed by atoms with Crippen molar-refractivity contribution in [3.8, 4) is 5.88 Å². The Morgan fingerprint density at radius 1 is 1.58 bits per heavy atom. The van der Waals surface area contributed by atoms with Crippen LogP contribution in [-0.2, 0) is 4.74 Å². The van der Waals surface area contributed by atoms with Gasteiger partial charge in [0.05, 0.1) is 19.5 Å². The van der Waals surface area contributed by atoms with Gasteiger partial charge in [0, 0.05) is 0 Å². The zero-order chi connectivity index (χ0) is 17.5. The van der Waals surface area contributed by atoms with Gasteiger partial charge in [-0.05, 0) is 6.92 Å². The first kappa shape index (κ1) is 16.6. The van der Waals surface area contributed by atoms with Crippen molar-refractivity contribution in [2.75, 3.05) is 18.9 Å². The second-order valence-electron chi connectivity index (χ2n) is 5.36. The SMILES string of the molecule is C=C[C@]1(CO)O[C@@H](n2cnc3c(OCC)nc(N)nc32)[C@H](F)[C@@H]1O. The first-order chi connectivity index (χ1) is 11.5. The molecule has 10 heteroatoms. The number of anilines is 1. The fourth-order valence-corrected chi connectivity index (χ4v) is 2.69. The van der Waals surface area contributed by atoms with Crippen molar-refractivity contribution in [1.29, 1.82) is 0 Å². The lowest BCUT2D eigenvalue weighted by atomic mass is 9.97. The molecule has 130 valence electrons. The lowest BCUT2D eigenvalue weighted by Gasteiger charge is -2.25. The lowest BCUT2D eigenvalue weighted by molar-refractivity contribution is -0.0960. The van der Waals surface area contributed by atoms with Crippen molar-refractivity contribution in [3.63, 3.8) is 0 Å². The summed E-state index contributed by atoms with van der Waals surface area (Å²) in [6.45, 7) is 4.99. The number of aromatic nitrogens is 4. The number of halogens is 1. The van der Waals surface area contributed by atoms with Crippen LogP contribution in [0.3, 0.4) is 0 Å². The molecule has 0 amide bonds. The van der Waals surface area contributed by atoms with Crippen LogP contribution in [0.25, 0.3) is 11.2 Å². The minimum Gasteiger partial charge on any atom is -0.476 e. The van der Waals surface area contributed by atoms with Gasteiger partial charge in [-0.25, -0.2) is 9.37 Å². The Kier molecular flexibility index (Phi) is 4.11. The van der Waals surface area contributed by atoms with Gasteiger partial charge in [0.1, 0.15) is 11.7 Å². The number of nitrogens with zero attached hydrogens (tertiary/aromatic N) is 4. The number of nitrogens with two attached hydrogens (primary N) is 1. The van der Waals surface area contributed by atoms with Crippen LogP contribution in [0, 0.1) is 0 Å². The van der Waals surface area contributed by atoms with Crippen molar-refractivity contribution in [1.82, 2.24) is 19.5 Å². The normalized spacial score (nSPS) is 29.9. The predicted octanol–water partition coefficient (Wildman–Crippen LogP) is -0.0479. The van der Waals surface area contributed by atoms with E-state index in [-0.39, 0.29) is 23.0 Å². The summed E-state index contributed by atoms with van der Waals surface area (Å²) in [5.41, 5.74) is 4.54. The van der Waals surface area contributed by atoms with Crippen molar-refractivity contribution in [2.24, 2.45) is 0 Å². The van der Waals surface area contributed by atoms with Crippen LogP contribution < -0.4 is 10.5 Å². The molecule has 24 heavy (non-hydrogen) atoms. The molecule has 0 unspecified atom stereocenters. The molecule has 3 rings (SSSR count). The van der Waals surface area contributed by atoms with Gasteiger partial charge in [-0.2, -0.15) is 9.97 Å². The highest BCUT2D eigenvalue weighted by atomic mass is 19.1. The molecule has 2 aromatic heterocycles. The number of imidazole rings is 1. The highest BCUT2D eigenvalue weighted by molar-refractivity contribution is 5.77. The summed E-state index contributed by atoms with van der Waals surface area (Å²) in [6, 6.07) is 0. The molecular formula is C14H18FN5O4. The van der Waals surface area contributed by atoms with E-state index in [1.807, 2.05) is 0 Å². The fourth-order valence-electron chi connectivity index (χ4n) is 2.69. The summed E-state index contributed by atoms with van der Waals surface area (Å²) in [4.78, 5) is 12.1. The van der Waals surface area contributed by atoms with Crippen molar-refractivity contribution >= 4 is 17.1 Å². The van der Waals surface area contributed by atoms with E-state index < -0.39 is 30.7 Å². The van der Waals surface area contributed by atoms with Crippen LogP contribution in [-0.4, -0.2) is 60.8 Å². The number of aliphatic hydroxyl groups excluding tert-OH is 2. The van der Waals surface area contributed by atoms with Crippen molar-refractivity contribution in [2.45, 2.75) is 31.0 Å². The van der Waals surface area contributed by atoms with Crippen molar-refractivity contribution in [3.05, 3.63) is 19.0 Å². The number of hydrogen-bond donors (Lipinski definition) is 3. The molecule has 0 radical (unpaired) electrons. The van der Waals surface area contributed by atoms with Crippen LogP contribution in [0.2, 0.25) is 0 Å². The predicted molar refractivity (Wildman–Crippen MR) is 81.9 cm³/mol. The van der Waals surface area contributed by atoms with E-state index in [1.165, 1.54) is 17.0 Å². The maximum Gasteiger partial charge on any atom is 0.247 e. The molecule has 1 saturated heterocycles. The molecule has 1 fully saturated rings. The van der Waals surface area contributed by atoms with Gasteiger partial charge in [-0.3, -0.25) is 4.57 Å². The Labute approximate surface area is 136 Å². The van der Waals surface area contributed by atoms with Crippen LogP contribution in [0.4, 0.5) is 10.3 Å². The molecular weight excluding hydrogens is 321 g/mol. The number of nitrogen functional groups attached to an aromatic ring is 1. The van der Waals surface area contributed by atoms with Gasteiger partial charge in [0.15, 0.2) is 23.6 Å². The summed E-state index contributed by atoms with van der Waals surface area (Å²) in [6.07, 6.45) is -2.22. The second-order valence-corrected chi connectivity index (χ2v) is 5.36. The Balaban J connectivity index is 2.09. The van der Waals surface area contributed by atoms with E-state index in [0.717, 1.165) is 0 Å². The van der Waals surface area contributed by atoms with E-state index in [2.05, 4.69) is 21.5 Å². The van der Waals surface area contributed by atoms with Crippen LogP contribution in [0.5, 0.6) is 5.88 Å². The molecule has 4 N–H and O–H groups in total. The highest BCUT2D eigenvalue weighted by Gasteiger charge is 2.54. The lowest BCUT2D eigenvalue weighted by Crippen LogP contribution is -2.43. The number of fused-ring (bicyclic) bond motifs is 1. The summed E-state index contributed by atoms with van der Waals surface area (Å²) in [7, 11) is 0. The maximum atomic E-state index is 14.6. The topological polar surface area (TPSA) is 129 Å². The molecule has 4 atom stereocenters. The summed E-state index contributed by atoms with van der Waals surface area (Å²) in [5.74, 6) is 0.101. The Bertz CT molecular complexity index is 769. The van der Waals surface area contributed by atoms with E-state index in [9.17, 15) is 14.6 Å². The van der Waals surface area contributed by atoms with Gasteiger partial charge in [-0.1, -0.05) is 6.08 Å². The number of aliphatic hydroxyl groups is 2. The third-order valence-corrected chi connectivity index (χ3v) is 3.97. The average molecular weight is 339 g/mol. The highest BCUT2D eigenvalue weighted by Crippen LogP contribution is 2.41. The standard InChI is InChI=1S/C14H18FN5O4/c1-3-14(5-21)9(22)7(15)12(24-14)20-6-17-8-10(20)18-13(16)19-11(8)23-4-2/h3,6-7,9,12,21-22H,1,4-5H2,2H3,(H2,16,18,19)/t7-,9+,12-,14-/m1/s1. The summed E-state index contributed by atoms with van der Waals surface area (Å²) in [5, 5.41) is 19.6. The summed E-state index contributed by atoms with van der Waals surface area (Å²) < 4.78 is 26.8. The summed E-state index contributed by atoms with van der Waals surface area (Å²) >= 11 is 0. The second kappa shape index (κ2) is 5.96. The van der Waals surface area contributed by atoms with Gasteiger partial charge in [0.2, 0.25) is 11.8 Å². The zero-order valence-corrected chi connectivity index (χ0v) is 13.0. The molecule has 9 nitrogen and oxygen atoms in total. The van der Waals surface area contributed by atoms with Crippen molar-refractivity contribution < 1.29 is 24.1 Å². The van der Waals surface area contributed by atoms with Gasteiger partial charge < -0.3 is 25.4 Å². The molecule has 0 saturated carbocycles. The molecule has 1 aliphatic rings. The average Bonchev–Trinajstić information content (AvgIpc) is 3.09. The van der Waals surface area contributed by atoms with E-state index in [1.54, 1.807) is 6.92 Å². The molecule has 0 aromatic carbocycles. The fraction of sp³-hybridized carbons (Fsp3) is 0.500. The van der Waals surface area contributed by atoms with E-state index >= 15 is 0 Å². The van der Waals surface area contributed by atoms with Crippen LogP contribution in [0.1, 0.15) is 13.2 Å². The number of rotatable bonds is 5. The Morgan fingerprint density at radius 2 is 2.33 bits per heavy atom. The first-order valence-electron chi connectivity index (χ1n) is 7.34. The number of hydrogen-bond acceptors (Lipinski definition) is 8. The van der Waals surface area contributed by atoms with E-state index in [0.29, 0.717) is 6.61 Å². The van der Waals surface area contributed by atoms with Crippen LogP contribution in [0.15, 0.2) is 19.0 Å². The smallest absolute Gasteiger partial charge is 0.247 e. The maximum absolute atomic E-state index is 14.6. The number of ether oxygens (including phenoxy) is 2. The molecule has 0 bridgehead atoms. The molecule has 3 heterocycles. The largest absolute Gasteiger partial charge is 0.476 e. The Morgan fingerprint density at radius 3 is 2.92 bits per heavy atom.